The Balaban J connectivity index is 1.35. The maximum Gasteiger partial charge on any atom is 0.264 e. The number of hydrogen-bond donors (Lipinski definition) is 2. The number of sulfonamides is 1. The number of anilines is 1. The van der Waals surface area contributed by atoms with E-state index in [0.717, 1.165) is 29.3 Å². The van der Waals surface area contributed by atoms with Crippen LogP contribution in [0.5, 0.6) is 5.75 Å². The third-order valence-corrected chi connectivity index (χ3v) is 8.55. The van der Waals surface area contributed by atoms with Gasteiger partial charge in [-0.1, -0.05) is 35.4 Å². The van der Waals surface area contributed by atoms with E-state index in [4.69, 9.17) is 21.1 Å². The number of nitrogens with one attached hydrogen (secondary N) is 2. The summed E-state index contributed by atoms with van der Waals surface area (Å²) < 4.78 is 39.2. The maximum atomic E-state index is 13.6. The first-order valence-electron chi connectivity index (χ1n) is 13.4. The van der Waals surface area contributed by atoms with Crippen LogP contribution in [-0.2, 0) is 24.3 Å². The summed E-state index contributed by atoms with van der Waals surface area (Å²) in [5.41, 5.74) is 4.87. The SMILES string of the molecule is Cc1ccc(S(=O)(=O)N(CC(=O)N/N=C\c2ccc(OCC(=O)NC[C@H]3CCCO3)cc2)c2cc(Cl)ccc2C)cc1. The highest BCUT2D eigenvalue weighted by atomic mass is 35.5. The Morgan fingerprint density at radius 3 is 2.50 bits per heavy atom. The highest BCUT2D eigenvalue weighted by molar-refractivity contribution is 7.92. The number of halogens is 1. The molecule has 0 radical (unpaired) electrons. The number of carbonyl (C=O) groups is 2. The third kappa shape index (κ3) is 8.54. The Bertz CT molecular complexity index is 1520. The Labute approximate surface area is 250 Å². The van der Waals surface area contributed by atoms with E-state index >= 15 is 0 Å². The zero-order valence-electron chi connectivity index (χ0n) is 23.4. The van der Waals surface area contributed by atoms with Crippen molar-refractivity contribution in [3.8, 4) is 5.75 Å². The fourth-order valence-electron chi connectivity index (χ4n) is 4.22. The first-order chi connectivity index (χ1) is 20.1. The van der Waals surface area contributed by atoms with Crippen molar-refractivity contribution in [2.24, 2.45) is 5.10 Å². The quantitative estimate of drug-likeness (QED) is 0.235. The molecular formula is C30H33ClN4O6S. The van der Waals surface area contributed by atoms with Gasteiger partial charge in [0.15, 0.2) is 6.61 Å². The molecule has 0 unspecified atom stereocenters. The van der Waals surface area contributed by atoms with E-state index in [0.29, 0.717) is 34.1 Å². The van der Waals surface area contributed by atoms with E-state index in [1.165, 1.54) is 24.4 Å². The molecule has 1 heterocycles. The predicted octanol–water partition coefficient (Wildman–Crippen LogP) is 3.98. The van der Waals surface area contributed by atoms with Gasteiger partial charge in [0.2, 0.25) is 0 Å². The van der Waals surface area contributed by atoms with Crippen molar-refractivity contribution in [2.75, 3.05) is 30.6 Å². The molecule has 2 N–H and O–H groups in total. The number of rotatable bonds is 12. The lowest BCUT2D eigenvalue weighted by molar-refractivity contribution is -0.123. The summed E-state index contributed by atoms with van der Waals surface area (Å²) in [6, 6.07) is 18.0. The minimum Gasteiger partial charge on any atom is -0.484 e. The van der Waals surface area contributed by atoms with Crippen molar-refractivity contribution in [1.82, 2.24) is 10.7 Å². The normalized spacial score (nSPS) is 15.0. The molecule has 222 valence electrons. The summed E-state index contributed by atoms with van der Waals surface area (Å²) in [6.07, 6.45) is 3.43. The molecule has 0 bridgehead atoms. The Kier molecular flexibility index (Phi) is 10.6. The molecule has 3 aromatic rings. The second kappa shape index (κ2) is 14.3. The lowest BCUT2D eigenvalue weighted by atomic mass is 10.2. The van der Waals surface area contributed by atoms with Gasteiger partial charge in [-0.05, 0) is 86.3 Å². The van der Waals surface area contributed by atoms with Crippen molar-refractivity contribution in [1.29, 1.82) is 0 Å². The molecule has 2 amide bonds. The summed E-state index contributed by atoms with van der Waals surface area (Å²) >= 11 is 6.17. The minimum absolute atomic E-state index is 0.0476. The molecule has 0 aromatic heterocycles. The molecular weight excluding hydrogens is 580 g/mol. The summed E-state index contributed by atoms with van der Waals surface area (Å²) in [7, 11) is -4.09. The molecule has 4 rings (SSSR count). The van der Waals surface area contributed by atoms with E-state index in [1.54, 1.807) is 55.5 Å². The van der Waals surface area contributed by atoms with Crippen LogP contribution in [0.4, 0.5) is 5.69 Å². The van der Waals surface area contributed by atoms with Crippen LogP contribution in [0.3, 0.4) is 0 Å². The van der Waals surface area contributed by atoms with Gasteiger partial charge in [-0.2, -0.15) is 5.10 Å². The summed E-state index contributed by atoms with van der Waals surface area (Å²) in [5, 5.41) is 7.11. The number of ether oxygens (including phenoxy) is 2. The van der Waals surface area contributed by atoms with Crippen molar-refractivity contribution in [3.63, 3.8) is 0 Å². The van der Waals surface area contributed by atoms with Crippen molar-refractivity contribution >= 4 is 45.3 Å². The van der Waals surface area contributed by atoms with Gasteiger partial charge < -0.3 is 14.8 Å². The molecule has 12 heteroatoms. The van der Waals surface area contributed by atoms with Gasteiger partial charge in [0, 0.05) is 18.2 Å². The Morgan fingerprint density at radius 2 is 1.81 bits per heavy atom. The number of carbonyl (C=O) groups excluding carboxylic acids is 2. The van der Waals surface area contributed by atoms with Gasteiger partial charge >= 0.3 is 0 Å². The first kappa shape index (κ1) is 31.0. The van der Waals surface area contributed by atoms with Crippen molar-refractivity contribution < 1.29 is 27.5 Å². The Morgan fingerprint density at radius 1 is 1.07 bits per heavy atom. The first-order valence-corrected chi connectivity index (χ1v) is 15.2. The van der Waals surface area contributed by atoms with E-state index in [-0.39, 0.29) is 23.5 Å². The van der Waals surface area contributed by atoms with Gasteiger partial charge in [-0.15, -0.1) is 0 Å². The van der Waals surface area contributed by atoms with E-state index in [1.807, 2.05) is 6.92 Å². The van der Waals surface area contributed by atoms with Crippen molar-refractivity contribution in [3.05, 3.63) is 88.4 Å². The van der Waals surface area contributed by atoms with Crippen LogP contribution in [0.25, 0.3) is 0 Å². The van der Waals surface area contributed by atoms with Gasteiger partial charge in [-0.3, -0.25) is 13.9 Å². The molecule has 0 saturated carbocycles. The molecule has 1 aliphatic heterocycles. The molecule has 1 fully saturated rings. The number of amides is 2. The van der Waals surface area contributed by atoms with E-state index in [9.17, 15) is 18.0 Å². The maximum absolute atomic E-state index is 13.6. The van der Waals surface area contributed by atoms with Crippen LogP contribution >= 0.6 is 11.6 Å². The van der Waals surface area contributed by atoms with Crippen LogP contribution in [0.1, 0.15) is 29.5 Å². The molecule has 3 aromatic carbocycles. The van der Waals surface area contributed by atoms with Crippen LogP contribution in [-0.4, -0.2) is 58.9 Å². The lowest BCUT2D eigenvalue weighted by Crippen LogP contribution is -2.40. The van der Waals surface area contributed by atoms with Crippen molar-refractivity contribution in [2.45, 2.75) is 37.7 Å². The zero-order chi connectivity index (χ0) is 30.1. The number of benzene rings is 3. The van der Waals surface area contributed by atoms with Gasteiger partial charge in [-0.25, -0.2) is 13.8 Å². The fraction of sp³-hybridized carbons (Fsp3) is 0.300. The fourth-order valence-corrected chi connectivity index (χ4v) is 5.86. The lowest BCUT2D eigenvalue weighted by Gasteiger charge is -2.25. The van der Waals surface area contributed by atoms with Crippen LogP contribution < -0.4 is 19.8 Å². The molecule has 10 nitrogen and oxygen atoms in total. The van der Waals surface area contributed by atoms with Crippen LogP contribution in [0.15, 0.2) is 76.7 Å². The number of hydrogen-bond acceptors (Lipinski definition) is 7. The topological polar surface area (TPSA) is 126 Å². The van der Waals surface area contributed by atoms with Crippen LogP contribution in [0, 0.1) is 13.8 Å². The highest BCUT2D eigenvalue weighted by Crippen LogP contribution is 2.29. The molecule has 0 spiro atoms. The summed E-state index contributed by atoms with van der Waals surface area (Å²) in [4.78, 5) is 24.9. The molecule has 1 atom stereocenters. The second-order valence-electron chi connectivity index (χ2n) is 9.85. The highest BCUT2D eigenvalue weighted by Gasteiger charge is 2.28. The average Bonchev–Trinajstić information content (AvgIpc) is 3.50. The molecule has 42 heavy (non-hydrogen) atoms. The summed E-state index contributed by atoms with van der Waals surface area (Å²) in [6.45, 7) is 4.16. The monoisotopic (exact) mass is 612 g/mol. The summed E-state index contributed by atoms with van der Waals surface area (Å²) in [5.74, 6) is -0.377. The standard InChI is InChI=1S/C30H33ClN4O6S/c1-21-5-13-27(14-6-21)42(38,39)35(28-16-24(31)10-7-22(28)2)19-29(36)34-33-17-23-8-11-25(12-9-23)41-20-30(37)32-18-26-4-3-15-40-26/h5-14,16-17,26H,3-4,15,18-20H2,1-2H3,(H,32,37)(H,34,36)/b33-17-/t26-/m1/s1. The predicted molar refractivity (Wildman–Crippen MR) is 162 cm³/mol. The van der Waals surface area contributed by atoms with E-state index in [2.05, 4.69) is 15.8 Å². The number of aryl methyl sites for hydroxylation is 2. The van der Waals surface area contributed by atoms with Gasteiger partial charge in [0.1, 0.15) is 12.3 Å². The average molecular weight is 613 g/mol. The van der Waals surface area contributed by atoms with Gasteiger partial charge in [0.25, 0.3) is 21.8 Å². The number of hydrazone groups is 1. The van der Waals surface area contributed by atoms with E-state index < -0.39 is 22.5 Å². The third-order valence-electron chi connectivity index (χ3n) is 6.54. The second-order valence-corrected chi connectivity index (χ2v) is 12.1. The van der Waals surface area contributed by atoms with Gasteiger partial charge in [0.05, 0.1) is 22.9 Å². The molecule has 1 aliphatic rings. The molecule has 1 saturated heterocycles. The van der Waals surface area contributed by atoms with Crippen LogP contribution in [0.2, 0.25) is 5.02 Å². The Hall–Kier alpha value is -3.93. The largest absolute Gasteiger partial charge is 0.484 e. The zero-order valence-corrected chi connectivity index (χ0v) is 25.0. The molecule has 0 aliphatic carbocycles. The smallest absolute Gasteiger partial charge is 0.264 e. The number of nitrogens with zero attached hydrogens (tertiary/aromatic N) is 2. The minimum atomic E-state index is -4.09.